The van der Waals surface area contributed by atoms with E-state index in [9.17, 15) is 14.4 Å². The number of nitrogens with one attached hydrogen (secondary N) is 3. The summed E-state index contributed by atoms with van der Waals surface area (Å²) in [5.74, 6) is 0.122. The van der Waals surface area contributed by atoms with Crippen LogP contribution in [0.25, 0.3) is 22.5 Å². The van der Waals surface area contributed by atoms with E-state index in [0.29, 0.717) is 102 Å². The Hall–Kier alpha value is -7.24. The summed E-state index contributed by atoms with van der Waals surface area (Å²) in [6.07, 6.45) is 3.95. The minimum Gasteiger partial charge on any atom is -0.469 e. The SMILES string of the molecule is CCNC(=O)Nc1ccc(-c2nc(N3CC4CCC(C3)O4)nc3c2C(=O)N(CCC(=O)OC(C)(C)C)CC(C)([n+]2nc(Nc4ccc(-c5nc(N6CC7CCC(C6)O7)nc6c5C(=O)N(CC)CC(C)(C)O6)cc4)sc2C)O3)cc1. The molecule has 0 aliphatic carbocycles. The molecule has 4 bridgehead atoms. The maximum atomic E-state index is 15.3. The molecule has 5 atom stereocenters. The molecule has 4 saturated heterocycles. The molecule has 0 spiro atoms. The van der Waals surface area contributed by atoms with Crippen molar-refractivity contribution in [3.8, 4) is 34.3 Å². The zero-order valence-corrected chi connectivity index (χ0v) is 47.2. The Bertz CT molecular complexity index is 3140. The Morgan fingerprint density at radius 1 is 0.734 bits per heavy atom. The maximum Gasteiger partial charge on any atom is 0.353 e. The molecular weight excluding hydrogens is 1030 g/mol. The van der Waals surface area contributed by atoms with Crippen LogP contribution in [0, 0.1) is 6.92 Å². The van der Waals surface area contributed by atoms with E-state index in [1.807, 2.05) is 65.8 Å². The van der Waals surface area contributed by atoms with Gasteiger partial charge in [0.1, 0.15) is 28.9 Å². The van der Waals surface area contributed by atoms with Gasteiger partial charge in [-0.05, 0) is 114 Å². The van der Waals surface area contributed by atoms with Crippen LogP contribution in [-0.4, -0.2) is 153 Å². The lowest BCUT2D eigenvalue weighted by Gasteiger charge is -2.33. The highest BCUT2D eigenvalue weighted by molar-refractivity contribution is 7.14. The summed E-state index contributed by atoms with van der Waals surface area (Å²) in [5, 5.41) is 15.5. The van der Waals surface area contributed by atoms with Crippen LogP contribution in [0.3, 0.4) is 0 Å². The number of hydrogen-bond donors (Lipinski definition) is 3. The fourth-order valence-corrected chi connectivity index (χ4v) is 12.2. The first-order valence-corrected chi connectivity index (χ1v) is 28.3. The van der Waals surface area contributed by atoms with E-state index in [-0.39, 0.29) is 73.2 Å². The number of ether oxygens (including phenoxy) is 5. The van der Waals surface area contributed by atoms with Crippen LogP contribution in [0.5, 0.6) is 11.8 Å². The third-order valence-electron chi connectivity index (χ3n) is 14.9. The summed E-state index contributed by atoms with van der Waals surface area (Å²) in [7, 11) is 0. The van der Waals surface area contributed by atoms with Gasteiger partial charge in [-0.15, -0.1) is 0 Å². The number of nitrogens with zero attached hydrogens (tertiary/aromatic N) is 10. The largest absolute Gasteiger partial charge is 0.469 e. The molecular formula is C56H70N13O9S+. The predicted octanol–water partition coefficient (Wildman–Crippen LogP) is 6.85. The minimum absolute atomic E-state index is 0.00672. The Kier molecular flexibility index (Phi) is 14.4. The van der Waals surface area contributed by atoms with Gasteiger partial charge in [-0.25, -0.2) is 14.8 Å². The van der Waals surface area contributed by atoms with E-state index >= 15 is 4.79 Å². The molecule has 5 unspecified atom stereocenters. The molecule has 79 heavy (non-hydrogen) atoms. The van der Waals surface area contributed by atoms with Gasteiger partial charge in [0.2, 0.25) is 23.7 Å². The quantitative estimate of drug-likeness (QED) is 0.0809. The number of esters is 1. The van der Waals surface area contributed by atoms with Crippen LogP contribution < -0.4 is 39.9 Å². The third-order valence-corrected chi connectivity index (χ3v) is 15.7. The van der Waals surface area contributed by atoms with Crippen molar-refractivity contribution in [3.63, 3.8) is 0 Å². The maximum absolute atomic E-state index is 15.3. The summed E-state index contributed by atoms with van der Waals surface area (Å²) < 4.78 is 33.5. The number of amides is 4. The average Bonchev–Trinajstić information content (AvgIpc) is 4.25. The number of urea groups is 1. The van der Waals surface area contributed by atoms with Crippen molar-refractivity contribution in [1.29, 1.82) is 0 Å². The van der Waals surface area contributed by atoms with Crippen molar-refractivity contribution in [2.45, 2.75) is 136 Å². The van der Waals surface area contributed by atoms with E-state index in [1.165, 1.54) is 11.3 Å². The number of anilines is 5. The molecule has 6 aliphatic heterocycles. The van der Waals surface area contributed by atoms with Gasteiger partial charge in [0.15, 0.2) is 0 Å². The first-order valence-electron chi connectivity index (χ1n) is 27.5. The number of aryl methyl sites for hydroxylation is 1. The van der Waals surface area contributed by atoms with Gasteiger partial charge in [-0.3, -0.25) is 14.4 Å². The van der Waals surface area contributed by atoms with Crippen molar-refractivity contribution < 1.29 is 47.5 Å². The number of hydrogen-bond acceptors (Lipinski definition) is 18. The van der Waals surface area contributed by atoms with Gasteiger partial charge < -0.3 is 59.2 Å². The number of carbonyl (C=O) groups is 4. The van der Waals surface area contributed by atoms with Crippen molar-refractivity contribution in [1.82, 2.24) is 40.2 Å². The number of fused-ring (bicyclic) bond motifs is 6. The van der Waals surface area contributed by atoms with Crippen molar-refractivity contribution in [2.24, 2.45) is 0 Å². The van der Waals surface area contributed by atoms with E-state index in [2.05, 4.69) is 25.8 Å². The van der Waals surface area contributed by atoms with Gasteiger partial charge in [0, 0.05) is 87.3 Å². The number of benzene rings is 2. The highest BCUT2D eigenvalue weighted by Crippen LogP contribution is 2.41. The average molecular weight is 1100 g/mol. The van der Waals surface area contributed by atoms with Crippen molar-refractivity contribution >= 4 is 63.6 Å². The van der Waals surface area contributed by atoms with Gasteiger partial charge in [0.25, 0.3) is 22.0 Å². The number of aromatic nitrogens is 6. The normalized spacial score (nSPS) is 23.3. The summed E-state index contributed by atoms with van der Waals surface area (Å²) in [6, 6.07) is 14.4. The lowest BCUT2D eigenvalue weighted by atomic mass is 10.0. The van der Waals surface area contributed by atoms with E-state index < -0.39 is 28.8 Å². The molecule has 5 aromatic rings. The molecule has 6 aliphatic rings. The fourth-order valence-electron chi connectivity index (χ4n) is 11.4. The highest BCUT2D eigenvalue weighted by Gasteiger charge is 2.51. The summed E-state index contributed by atoms with van der Waals surface area (Å²) in [5.41, 5.74) is 1.01. The molecule has 0 saturated carbocycles. The Labute approximate surface area is 463 Å². The Morgan fingerprint density at radius 2 is 1.25 bits per heavy atom. The summed E-state index contributed by atoms with van der Waals surface area (Å²) >= 11 is 1.40. The van der Waals surface area contributed by atoms with Crippen LogP contribution in [-0.2, 0) is 24.7 Å². The second kappa shape index (κ2) is 21.1. The first-order chi connectivity index (χ1) is 37.7. The number of likely N-dealkylation sites (N-methyl/N-ethyl adjacent to an activating group) is 1. The van der Waals surface area contributed by atoms with Crippen molar-refractivity contribution in [2.75, 3.05) is 79.3 Å². The van der Waals surface area contributed by atoms with Crippen LogP contribution >= 0.6 is 11.3 Å². The van der Waals surface area contributed by atoms with E-state index in [4.69, 9.17) is 48.7 Å². The molecule has 3 N–H and O–H groups in total. The van der Waals surface area contributed by atoms with Crippen LogP contribution in [0.1, 0.15) is 113 Å². The van der Waals surface area contributed by atoms with E-state index in [1.54, 1.807) is 59.5 Å². The zero-order valence-electron chi connectivity index (χ0n) is 46.4. The lowest BCUT2D eigenvalue weighted by molar-refractivity contribution is -0.841. The molecule has 22 nitrogen and oxygen atoms in total. The van der Waals surface area contributed by atoms with Gasteiger partial charge in [0.05, 0.1) is 48.8 Å². The molecule has 2 aromatic carbocycles. The molecule has 418 valence electrons. The van der Waals surface area contributed by atoms with Gasteiger partial charge in [-0.1, -0.05) is 24.3 Å². The second-order valence-corrected chi connectivity index (χ2v) is 24.1. The number of morpholine rings is 2. The first kappa shape index (κ1) is 53.7. The summed E-state index contributed by atoms with van der Waals surface area (Å²) in [6.45, 7) is 20.7. The zero-order chi connectivity index (χ0) is 55.5. The summed E-state index contributed by atoms with van der Waals surface area (Å²) in [4.78, 5) is 83.4. The molecule has 23 heteroatoms. The predicted molar refractivity (Wildman–Crippen MR) is 295 cm³/mol. The molecule has 9 heterocycles. The van der Waals surface area contributed by atoms with Crippen molar-refractivity contribution in [3.05, 3.63) is 64.7 Å². The lowest BCUT2D eigenvalue weighted by Crippen LogP contribution is -2.65. The monoisotopic (exact) mass is 1100 g/mol. The molecule has 4 amide bonds. The third kappa shape index (κ3) is 11.3. The molecule has 4 fully saturated rings. The van der Waals surface area contributed by atoms with Crippen LogP contribution in [0.2, 0.25) is 0 Å². The molecule has 3 aromatic heterocycles. The molecule has 0 radical (unpaired) electrons. The van der Waals surface area contributed by atoms with Gasteiger partial charge in [-0.2, -0.15) is 9.97 Å². The smallest absolute Gasteiger partial charge is 0.353 e. The van der Waals surface area contributed by atoms with Gasteiger partial charge >= 0.3 is 17.7 Å². The Morgan fingerprint density at radius 3 is 1.77 bits per heavy atom. The number of rotatable bonds is 13. The number of carbonyl (C=O) groups excluding carboxylic acids is 4. The molecule has 11 rings (SSSR count). The van der Waals surface area contributed by atoms with Crippen LogP contribution in [0.15, 0.2) is 48.5 Å². The topological polar surface area (TPSA) is 232 Å². The van der Waals surface area contributed by atoms with Crippen LogP contribution in [0.4, 0.5) is 33.2 Å². The minimum atomic E-state index is -1.38. The second-order valence-electron chi connectivity index (χ2n) is 23.0. The Balaban J connectivity index is 0.939. The standard InChI is InChI=1S/C56H69N13O9S/c1-10-57-52(73)58-35-16-12-33(13-17-35)45-43-47(63-51(61-45)68-28-39-22-23-40(29-68)75-39)78-56(9,31-66(49(43)72)25-24-41(70)76-54(4,5)6)69-32(3)79-53(64-69)59-36-18-14-34(15-19-36)44-42-46(77-55(7,8)30-65(11-2)48(42)71)62-50(60-44)67-26-37-20-21-38(27-67)74-37/h12-19,37-40H,10-11,20-31H2,1-9H3,(H2-,57,58,59,60,61,62,63,64,71,72,73)/p+1. The highest BCUT2D eigenvalue weighted by atomic mass is 32.1. The van der Waals surface area contributed by atoms with E-state index in [0.717, 1.165) is 30.7 Å². The fraction of sp³-hybridized carbons (Fsp3) is 0.536.